The molecule has 0 fully saturated rings. The summed E-state index contributed by atoms with van der Waals surface area (Å²) in [6.07, 6.45) is 2.70. The van der Waals surface area contributed by atoms with Gasteiger partial charge in [-0.25, -0.2) is 9.59 Å². The zero-order chi connectivity index (χ0) is 22.4. The quantitative estimate of drug-likeness (QED) is 0.318. The Hall–Kier alpha value is -1.99. The summed E-state index contributed by atoms with van der Waals surface area (Å²) in [4.78, 5) is 35.5. The average molecular weight is 461 g/mol. The SMILES string of the molecule is CCC.COC(=O)c1cccc(OCCCCC(=O)OC(C)(C)C)c1C(=O)OC.[V]. The van der Waals surface area contributed by atoms with E-state index in [1.165, 1.54) is 26.7 Å². The third-order valence-corrected chi connectivity index (χ3v) is 3.27. The first-order chi connectivity index (χ1) is 13.6. The third kappa shape index (κ3) is 11.9. The van der Waals surface area contributed by atoms with Crippen molar-refractivity contribution in [3.05, 3.63) is 29.3 Å². The van der Waals surface area contributed by atoms with E-state index in [0.717, 1.165) is 0 Å². The second-order valence-electron chi connectivity index (χ2n) is 7.26. The molecule has 0 aliphatic heterocycles. The normalized spacial score (nSPS) is 9.97. The van der Waals surface area contributed by atoms with Gasteiger partial charge in [0, 0.05) is 25.0 Å². The van der Waals surface area contributed by atoms with Crippen LogP contribution in [0.4, 0.5) is 0 Å². The Morgan fingerprint density at radius 1 is 0.933 bits per heavy atom. The van der Waals surface area contributed by atoms with Crippen molar-refractivity contribution < 1.29 is 51.9 Å². The Morgan fingerprint density at radius 2 is 1.50 bits per heavy atom. The van der Waals surface area contributed by atoms with E-state index in [0.29, 0.717) is 12.8 Å². The number of rotatable bonds is 8. The zero-order valence-corrected chi connectivity index (χ0v) is 20.5. The molecule has 0 aliphatic rings. The Balaban J connectivity index is 0. The molecule has 169 valence electrons. The fourth-order valence-electron chi connectivity index (χ4n) is 2.19. The largest absolute Gasteiger partial charge is 0.493 e. The first-order valence-corrected chi connectivity index (χ1v) is 9.75. The van der Waals surface area contributed by atoms with Gasteiger partial charge in [0.05, 0.1) is 26.4 Å². The number of hydrogen-bond acceptors (Lipinski definition) is 7. The summed E-state index contributed by atoms with van der Waals surface area (Å²) in [5.41, 5.74) is -0.406. The zero-order valence-electron chi connectivity index (χ0n) is 19.1. The molecular formula is C22H34O7V. The van der Waals surface area contributed by atoms with Crippen LogP contribution in [-0.4, -0.2) is 44.3 Å². The molecule has 1 rings (SSSR count). The van der Waals surface area contributed by atoms with Gasteiger partial charge in [0.1, 0.15) is 16.9 Å². The van der Waals surface area contributed by atoms with Crippen LogP contribution in [0.15, 0.2) is 18.2 Å². The summed E-state index contributed by atoms with van der Waals surface area (Å²) in [6, 6.07) is 4.63. The van der Waals surface area contributed by atoms with E-state index < -0.39 is 17.5 Å². The standard InChI is InChI=1S/C19H26O7.C3H8.V/c1-19(2,3)26-15(20)11-6-7-12-25-14-10-8-9-13(17(21)23-4)16(14)18(22)24-5;1-3-2;/h8-10H,6-7,11-12H2,1-5H3;3H2,1-2H3;. The maximum absolute atomic E-state index is 12.0. The van der Waals surface area contributed by atoms with Crippen LogP contribution < -0.4 is 4.74 Å². The number of esters is 3. The van der Waals surface area contributed by atoms with Crippen LogP contribution in [0.5, 0.6) is 5.75 Å². The molecule has 0 aliphatic carbocycles. The van der Waals surface area contributed by atoms with Crippen LogP contribution >= 0.6 is 0 Å². The molecule has 1 aromatic rings. The molecule has 30 heavy (non-hydrogen) atoms. The van der Waals surface area contributed by atoms with Crippen LogP contribution in [0, 0.1) is 0 Å². The number of hydrogen-bond donors (Lipinski definition) is 0. The summed E-state index contributed by atoms with van der Waals surface area (Å²) in [6.45, 7) is 9.97. The minimum atomic E-state index is -0.685. The molecule has 0 N–H and O–H groups in total. The van der Waals surface area contributed by atoms with Crippen LogP contribution in [0.3, 0.4) is 0 Å². The predicted molar refractivity (Wildman–Crippen MR) is 110 cm³/mol. The van der Waals surface area contributed by atoms with Crippen molar-refractivity contribution >= 4 is 17.9 Å². The van der Waals surface area contributed by atoms with Crippen LogP contribution in [0.1, 0.15) is 81.0 Å². The Kier molecular flexibility index (Phi) is 15.9. The van der Waals surface area contributed by atoms with Gasteiger partial charge in [-0.05, 0) is 45.7 Å². The second kappa shape index (κ2) is 15.8. The monoisotopic (exact) mass is 461 g/mol. The van der Waals surface area contributed by atoms with Crippen molar-refractivity contribution in [3.8, 4) is 5.75 Å². The minimum absolute atomic E-state index is 0. The maximum Gasteiger partial charge on any atom is 0.342 e. The van der Waals surface area contributed by atoms with Gasteiger partial charge >= 0.3 is 17.9 Å². The fraction of sp³-hybridized carbons (Fsp3) is 0.591. The number of benzene rings is 1. The number of carbonyl (C=O) groups is 3. The third-order valence-electron chi connectivity index (χ3n) is 3.27. The van der Waals surface area contributed by atoms with E-state index in [1.807, 2.05) is 20.8 Å². The van der Waals surface area contributed by atoms with Crippen molar-refractivity contribution in [1.29, 1.82) is 0 Å². The fourth-order valence-corrected chi connectivity index (χ4v) is 2.19. The number of carbonyl (C=O) groups excluding carboxylic acids is 3. The van der Waals surface area contributed by atoms with E-state index in [9.17, 15) is 14.4 Å². The van der Waals surface area contributed by atoms with Crippen LogP contribution in [-0.2, 0) is 37.6 Å². The Labute approximate surface area is 191 Å². The van der Waals surface area contributed by atoms with Crippen LogP contribution in [0.2, 0.25) is 0 Å². The summed E-state index contributed by atoms with van der Waals surface area (Å²) in [5, 5.41) is 0. The molecular weight excluding hydrogens is 427 g/mol. The Bertz CT molecular complexity index is 666. The molecule has 7 nitrogen and oxygen atoms in total. The molecule has 8 heteroatoms. The van der Waals surface area contributed by atoms with Crippen molar-refractivity contribution in [2.24, 2.45) is 0 Å². The predicted octanol–water partition coefficient (Wildman–Crippen LogP) is 4.56. The molecule has 1 radical (unpaired) electrons. The molecule has 0 spiro atoms. The van der Waals surface area contributed by atoms with E-state index >= 15 is 0 Å². The average Bonchev–Trinajstić information content (AvgIpc) is 2.65. The molecule has 0 heterocycles. The van der Waals surface area contributed by atoms with Crippen molar-refractivity contribution in [2.45, 2.75) is 65.9 Å². The van der Waals surface area contributed by atoms with Gasteiger partial charge < -0.3 is 18.9 Å². The van der Waals surface area contributed by atoms with Gasteiger partial charge in [0.15, 0.2) is 0 Å². The molecule has 0 saturated heterocycles. The van der Waals surface area contributed by atoms with Crippen molar-refractivity contribution in [2.75, 3.05) is 20.8 Å². The molecule has 0 bridgehead atoms. The van der Waals surface area contributed by atoms with E-state index in [1.54, 1.807) is 12.1 Å². The van der Waals surface area contributed by atoms with Gasteiger partial charge in [-0.1, -0.05) is 26.3 Å². The topological polar surface area (TPSA) is 88.1 Å². The van der Waals surface area contributed by atoms with Crippen molar-refractivity contribution in [3.63, 3.8) is 0 Å². The van der Waals surface area contributed by atoms with Gasteiger partial charge in [-0.2, -0.15) is 0 Å². The first-order valence-electron chi connectivity index (χ1n) is 9.75. The molecule has 0 unspecified atom stereocenters. The molecule has 0 aromatic heterocycles. The molecule has 0 amide bonds. The van der Waals surface area contributed by atoms with E-state index in [4.69, 9.17) is 14.2 Å². The van der Waals surface area contributed by atoms with E-state index in [2.05, 4.69) is 18.6 Å². The number of unbranched alkanes of at least 4 members (excludes halogenated alkanes) is 1. The van der Waals surface area contributed by atoms with E-state index in [-0.39, 0.29) is 54.4 Å². The van der Waals surface area contributed by atoms with Gasteiger partial charge in [0.2, 0.25) is 0 Å². The van der Waals surface area contributed by atoms with Gasteiger partial charge in [0.25, 0.3) is 0 Å². The molecule has 0 atom stereocenters. The molecule has 1 aromatic carbocycles. The molecule has 0 saturated carbocycles. The van der Waals surface area contributed by atoms with Crippen LogP contribution in [0.25, 0.3) is 0 Å². The Morgan fingerprint density at radius 3 is 2.00 bits per heavy atom. The summed E-state index contributed by atoms with van der Waals surface area (Å²) >= 11 is 0. The minimum Gasteiger partial charge on any atom is -0.493 e. The summed E-state index contributed by atoms with van der Waals surface area (Å²) in [5.74, 6) is -1.37. The first kappa shape index (κ1) is 30.2. The smallest absolute Gasteiger partial charge is 0.342 e. The number of ether oxygens (including phenoxy) is 4. The summed E-state index contributed by atoms with van der Waals surface area (Å²) < 4.78 is 20.3. The second-order valence-corrected chi connectivity index (χ2v) is 7.26. The summed E-state index contributed by atoms with van der Waals surface area (Å²) in [7, 11) is 2.45. The van der Waals surface area contributed by atoms with Gasteiger partial charge in [-0.15, -0.1) is 0 Å². The van der Waals surface area contributed by atoms with Gasteiger partial charge in [-0.3, -0.25) is 4.79 Å². The van der Waals surface area contributed by atoms with Crippen molar-refractivity contribution in [1.82, 2.24) is 0 Å². The maximum atomic E-state index is 12.0. The number of methoxy groups -OCH3 is 2.